The number of hydrogen-bond acceptors (Lipinski definition) is 5. The Morgan fingerprint density at radius 1 is 1.48 bits per heavy atom. The van der Waals surface area contributed by atoms with Crippen LogP contribution in [-0.4, -0.2) is 56.3 Å². The summed E-state index contributed by atoms with van der Waals surface area (Å²) in [5, 5.41) is 18.7. The summed E-state index contributed by atoms with van der Waals surface area (Å²) >= 11 is 7.21. The van der Waals surface area contributed by atoms with E-state index in [4.69, 9.17) is 11.6 Å². The number of β-lactam (4-membered cyclic amide) rings is 1. The molecule has 0 unspecified atom stereocenters. The molecule has 23 heavy (non-hydrogen) atoms. The van der Waals surface area contributed by atoms with E-state index in [1.807, 2.05) is 0 Å². The summed E-state index contributed by atoms with van der Waals surface area (Å²) in [6.07, 6.45) is 1.44. The molecule has 2 aliphatic heterocycles. The van der Waals surface area contributed by atoms with Gasteiger partial charge < -0.3 is 10.2 Å². The van der Waals surface area contributed by atoms with Crippen LogP contribution in [0.4, 0.5) is 0 Å². The number of hydrogen-bond donors (Lipinski definition) is 2. The third-order valence-corrected chi connectivity index (χ3v) is 5.34. The summed E-state index contributed by atoms with van der Waals surface area (Å²) in [6, 6.07) is 6.01. The van der Waals surface area contributed by atoms with E-state index >= 15 is 0 Å². The Morgan fingerprint density at radius 3 is 2.87 bits per heavy atom. The van der Waals surface area contributed by atoms with Crippen LogP contribution in [0, 0.1) is 0 Å². The number of phenols is 1. The van der Waals surface area contributed by atoms with Crippen molar-refractivity contribution in [2.75, 3.05) is 11.6 Å². The minimum atomic E-state index is -1.15. The van der Waals surface area contributed by atoms with Gasteiger partial charge in [-0.2, -0.15) is 0 Å². The van der Waals surface area contributed by atoms with Gasteiger partial charge in [0.15, 0.2) is 6.04 Å². The molecule has 1 aromatic rings. The van der Waals surface area contributed by atoms with E-state index in [0.29, 0.717) is 16.9 Å². The van der Waals surface area contributed by atoms with Gasteiger partial charge in [-0.05, 0) is 17.7 Å². The highest BCUT2D eigenvalue weighted by Gasteiger charge is 2.53. The van der Waals surface area contributed by atoms with Crippen molar-refractivity contribution in [3.63, 3.8) is 0 Å². The first-order chi connectivity index (χ1) is 11.0. The van der Waals surface area contributed by atoms with E-state index in [1.54, 1.807) is 18.2 Å². The summed E-state index contributed by atoms with van der Waals surface area (Å²) in [6.45, 7) is 0. The van der Waals surface area contributed by atoms with Gasteiger partial charge in [0.2, 0.25) is 0 Å². The van der Waals surface area contributed by atoms with Crippen LogP contribution in [0.25, 0.3) is 0 Å². The molecule has 120 valence electrons. The lowest BCUT2D eigenvalue weighted by Crippen LogP contribution is -2.64. The number of carboxylic acids is 1. The molecule has 1 saturated heterocycles. The molecule has 2 heterocycles. The predicted octanol–water partition coefficient (Wildman–Crippen LogP) is 1.67. The van der Waals surface area contributed by atoms with E-state index in [9.17, 15) is 19.8 Å². The number of aliphatic carboxylic acids is 1. The molecular weight excluding hydrogens is 340 g/mol. The number of aliphatic imine (C=N–C) groups is 1. The molecule has 6 nitrogen and oxygen atoms in total. The summed E-state index contributed by atoms with van der Waals surface area (Å²) in [4.78, 5) is 29.1. The van der Waals surface area contributed by atoms with Gasteiger partial charge in [0, 0.05) is 23.4 Å². The molecule has 2 atom stereocenters. The predicted molar refractivity (Wildman–Crippen MR) is 88.0 cm³/mol. The van der Waals surface area contributed by atoms with Crippen molar-refractivity contribution in [2.45, 2.75) is 11.4 Å². The average molecular weight is 353 g/mol. The highest BCUT2D eigenvalue weighted by molar-refractivity contribution is 8.00. The highest BCUT2D eigenvalue weighted by Crippen LogP contribution is 2.41. The van der Waals surface area contributed by atoms with Crippen molar-refractivity contribution in [3.8, 4) is 5.75 Å². The average Bonchev–Trinajstić information content (AvgIpc) is 2.55. The first-order valence-corrected chi connectivity index (χ1v) is 8.40. The van der Waals surface area contributed by atoms with Gasteiger partial charge in [0.25, 0.3) is 5.91 Å². The number of carbonyl (C=O) groups is 2. The van der Waals surface area contributed by atoms with Crippen LogP contribution in [0.5, 0.6) is 5.75 Å². The normalized spacial score (nSPS) is 23.9. The van der Waals surface area contributed by atoms with E-state index in [1.165, 1.54) is 28.9 Å². The van der Waals surface area contributed by atoms with Crippen molar-refractivity contribution in [1.29, 1.82) is 0 Å². The molecule has 1 aromatic carbocycles. The maximum absolute atomic E-state index is 12.3. The van der Waals surface area contributed by atoms with Gasteiger partial charge in [-0.15, -0.1) is 23.4 Å². The maximum Gasteiger partial charge on any atom is 0.352 e. The number of benzene rings is 1. The number of rotatable bonds is 4. The first-order valence-electron chi connectivity index (χ1n) is 6.81. The lowest BCUT2D eigenvalue weighted by atomic mass is 10.0. The third-order valence-electron chi connectivity index (χ3n) is 3.69. The maximum atomic E-state index is 12.3. The van der Waals surface area contributed by atoms with Crippen molar-refractivity contribution >= 4 is 41.5 Å². The number of carbonyl (C=O) groups excluding carboxylic acids is 1. The molecule has 1 fully saturated rings. The minimum Gasteiger partial charge on any atom is -0.507 e. The van der Waals surface area contributed by atoms with Crippen LogP contribution in [0.3, 0.4) is 0 Å². The number of para-hydroxylation sites is 1. The molecule has 3 rings (SSSR count). The highest BCUT2D eigenvalue weighted by atomic mass is 35.5. The van der Waals surface area contributed by atoms with Gasteiger partial charge in [-0.3, -0.25) is 14.7 Å². The standard InChI is InChI=1S/C15H13ClN2O4S/c16-5-9-7-23-14-11(13(20)18(14)12(9)15(21)22)17-6-8-3-1-2-4-10(8)19/h1-4,6,11,14,19H,5,7H2,(H,21,22)/b17-6+/t11-,14-/m1/s1. The Morgan fingerprint density at radius 2 is 2.22 bits per heavy atom. The van der Waals surface area contributed by atoms with Crippen LogP contribution < -0.4 is 0 Å². The summed E-state index contributed by atoms with van der Waals surface area (Å²) in [5.41, 5.74) is 1.02. The van der Waals surface area contributed by atoms with Crippen molar-refractivity contribution < 1.29 is 19.8 Å². The Labute approximate surface area is 141 Å². The fourth-order valence-electron chi connectivity index (χ4n) is 2.53. The molecule has 2 aliphatic rings. The van der Waals surface area contributed by atoms with E-state index in [2.05, 4.69) is 4.99 Å². The zero-order valence-electron chi connectivity index (χ0n) is 11.8. The molecular formula is C15H13ClN2O4S. The molecule has 8 heteroatoms. The molecule has 0 saturated carbocycles. The van der Waals surface area contributed by atoms with Gasteiger partial charge in [0.1, 0.15) is 16.8 Å². The molecule has 0 spiro atoms. The smallest absolute Gasteiger partial charge is 0.352 e. The zero-order valence-corrected chi connectivity index (χ0v) is 13.4. The number of amides is 1. The number of aromatic hydroxyl groups is 1. The lowest BCUT2D eigenvalue weighted by molar-refractivity contribution is -0.147. The second-order valence-electron chi connectivity index (χ2n) is 5.08. The van der Waals surface area contributed by atoms with Crippen LogP contribution in [-0.2, 0) is 9.59 Å². The Balaban J connectivity index is 1.83. The SMILES string of the molecule is O=C(O)C1=C(CCl)CS[C@@H]2[C@H](/N=C/c3ccccc3O)C(=O)N12. The minimum absolute atomic E-state index is 0.0252. The topological polar surface area (TPSA) is 90.2 Å². The van der Waals surface area contributed by atoms with Crippen molar-refractivity contribution in [1.82, 2.24) is 4.90 Å². The Bertz CT molecular complexity index is 734. The number of carboxylic acid groups (broad SMARTS) is 1. The third kappa shape index (κ3) is 2.70. The van der Waals surface area contributed by atoms with Gasteiger partial charge in [0.05, 0.1) is 0 Å². The number of phenolic OH excluding ortho intramolecular Hbond substituents is 1. The first kappa shape index (κ1) is 15.9. The molecule has 0 bridgehead atoms. The van der Waals surface area contributed by atoms with E-state index < -0.39 is 12.0 Å². The summed E-state index contributed by atoms with van der Waals surface area (Å²) < 4.78 is 0. The number of fused-ring (bicyclic) bond motifs is 1. The lowest BCUT2D eigenvalue weighted by Gasteiger charge is -2.47. The molecule has 0 aliphatic carbocycles. The second kappa shape index (κ2) is 6.25. The molecule has 2 N–H and O–H groups in total. The number of halogens is 1. The van der Waals surface area contributed by atoms with Crippen molar-refractivity contribution in [3.05, 3.63) is 41.1 Å². The number of alkyl halides is 1. The van der Waals surface area contributed by atoms with Crippen LogP contribution in [0.15, 0.2) is 40.5 Å². The quantitative estimate of drug-likeness (QED) is 0.489. The second-order valence-corrected chi connectivity index (χ2v) is 6.45. The fourth-order valence-corrected chi connectivity index (χ4v) is 4.20. The fraction of sp³-hybridized carbons (Fsp3) is 0.267. The number of thioether (sulfide) groups is 1. The van der Waals surface area contributed by atoms with Crippen LogP contribution in [0.1, 0.15) is 5.56 Å². The van der Waals surface area contributed by atoms with Crippen LogP contribution >= 0.6 is 23.4 Å². The summed E-state index contributed by atoms with van der Waals surface area (Å²) in [5.74, 6) is -0.901. The molecule has 0 radical (unpaired) electrons. The molecule has 1 amide bonds. The molecule has 0 aromatic heterocycles. The monoisotopic (exact) mass is 352 g/mol. The summed E-state index contributed by atoms with van der Waals surface area (Å²) in [7, 11) is 0. The van der Waals surface area contributed by atoms with Gasteiger partial charge >= 0.3 is 5.97 Å². The van der Waals surface area contributed by atoms with Gasteiger partial charge in [-0.25, -0.2) is 4.79 Å². The largest absolute Gasteiger partial charge is 0.507 e. The zero-order chi connectivity index (χ0) is 16.6. The van der Waals surface area contributed by atoms with Crippen LogP contribution in [0.2, 0.25) is 0 Å². The number of nitrogens with zero attached hydrogens (tertiary/aromatic N) is 2. The van der Waals surface area contributed by atoms with E-state index in [0.717, 1.165) is 0 Å². The van der Waals surface area contributed by atoms with E-state index in [-0.39, 0.29) is 28.6 Å². The Hall–Kier alpha value is -1.99. The Kier molecular flexibility index (Phi) is 4.32. The van der Waals surface area contributed by atoms with Gasteiger partial charge in [-0.1, -0.05) is 12.1 Å². The van der Waals surface area contributed by atoms with Crippen molar-refractivity contribution in [2.24, 2.45) is 4.99 Å².